The van der Waals surface area contributed by atoms with Gasteiger partial charge in [0, 0.05) is 10.4 Å². The van der Waals surface area contributed by atoms with Gasteiger partial charge in [-0.25, -0.2) is 4.98 Å². The third-order valence-electron chi connectivity index (χ3n) is 6.01. The minimum absolute atomic E-state index is 0.00615. The topological polar surface area (TPSA) is 76.0 Å². The van der Waals surface area contributed by atoms with E-state index in [0.29, 0.717) is 4.47 Å². The maximum Gasteiger partial charge on any atom is 0.440 e. The number of carbonyl (C=O) groups is 2. The number of anilines is 1. The first-order valence-electron chi connectivity index (χ1n) is 9.54. The number of imidazole rings is 1. The summed E-state index contributed by atoms with van der Waals surface area (Å²) in [6.07, 6.45) is -0.494. The molecule has 2 aromatic rings. The summed E-state index contributed by atoms with van der Waals surface area (Å²) in [4.78, 5) is 29.6. The van der Waals surface area contributed by atoms with Crippen molar-refractivity contribution in [1.82, 2.24) is 14.9 Å². The third-order valence-corrected chi connectivity index (χ3v) is 6.65. The lowest BCUT2D eigenvalue weighted by molar-refractivity contribution is -0.218. The van der Waals surface area contributed by atoms with Crippen LogP contribution in [0.1, 0.15) is 39.0 Å². The fourth-order valence-electron chi connectivity index (χ4n) is 4.36. The van der Waals surface area contributed by atoms with Crippen LogP contribution >= 0.6 is 15.9 Å². The Bertz CT molecular complexity index is 984. The molecule has 2 N–H and O–H groups in total. The average molecular weight is 473 g/mol. The number of hydrogen-bond donors (Lipinski definition) is 2. The quantitative estimate of drug-likeness (QED) is 0.698. The van der Waals surface area contributed by atoms with Crippen LogP contribution in [0.3, 0.4) is 0 Å². The molecule has 0 saturated heterocycles. The van der Waals surface area contributed by atoms with Gasteiger partial charge in [-0.05, 0) is 46.8 Å². The van der Waals surface area contributed by atoms with Gasteiger partial charge in [0.25, 0.3) is 11.6 Å². The highest BCUT2D eigenvalue weighted by atomic mass is 79.9. The number of alkyl halides is 3. The Kier molecular flexibility index (Phi) is 4.87. The predicted octanol–water partition coefficient (Wildman–Crippen LogP) is 4.30. The standard InChI is InChI=1S/C19H20BrF3N4O2/c1-10(11-6-3-2-4-7-11)15(28)26-18(19(21,22)23)16(29)25-17-24-14-12(20)8-5-9-13(14)27(17)18/h5,8-11H,2-4,6-7H2,1H3,(H,26,28)(H,24,25,29)/t10-,18?/m0/s1. The minimum Gasteiger partial charge on any atom is -0.317 e. The highest BCUT2D eigenvalue weighted by Crippen LogP contribution is 2.45. The second-order valence-corrected chi connectivity index (χ2v) is 8.57. The molecule has 0 radical (unpaired) electrons. The number of para-hydroxylation sites is 1. The van der Waals surface area contributed by atoms with Crippen LogP contribution in [0.5, 0.6) is 0 Å². The van der Waals surface area contributed by atoms with E-state index in [1.54, 1.807) is 19.1 Å². The SMILES string of the molecule is C[C@H](C(=O)NC1(C(F)(F)F)C(=O)Nc2nc3c(Br)cccc3n21)C1CCCCC1. The van der Waals surface area contributed by atoms with E-state index in [2.05, 4.69) is 31.5 Å². The highest BCUT2D eigenvalue weighted by molar-refractivity contribution is 9.10. The summed E-state index contributed by atoms with van der Waals surface area (Å²) in [5, 5.41) is 4.26. The Morgan fingerprint density at radius 3 is 2.69 bits per heavy atom. The van der Waals surface area contributed by atoms with Gasteiger partial charge < -0.3 is 5.32 Å². The van der Waals surface area contributed by atoms with Gasteiger partial charge >= 0.3 is 6.18 Å². The Balaban J connectivity index is 1.79. The van der Waals surface area contributed by atoms with Crippen molar-refractivity contribution in [3.05, 3.63) is 22.7 Å². The Morgan fingerprint density at radius 2 is 2.03 bits per heavy atom. The molecular weight excluding hydrogens is 453 g/mol. The largest absolute Gasteiger partial charge is 0.440 e. The van der Waals surface area contributed by atoms with E-state index >= 15 is 0 Å². The van der Waals surface area contributed by atoms with E-state index in [0.717, 1.165) is 36.7 Å². The van der Waals surface area contributed by atoms with Crippen LogP contribution < -0.4 is 10.6 Å². The molecule has 1 saturated carbocycles. The van der Waals surface area contributed by atoms with Crippen molar-refractivity contribution in [3.8, 4) is 0 Å². The molecule has 1 aromatic heterocycles. The summed E-state index contributed by atoms with van der Waals surface area (Å²) < 4.78 is 44.4. The van der Waals surface area contributed by atoms with Crippen LogP contribution in [0.2, 0.25) is 0 Å². The van der Waals surface area contributed by atoms with Crippen LogP contribution in [0.4, 0.5) is 19.1 Å². The number of carbonyl (C=O) groups excluding carboxylic acids is 2. The summed E-state index contributed by atoms with van der Waals surface area (Å²) in [6, 6.07) is 4.64. The number of benzene rings is 1. The number of nitrogens with one attached hydrogen (secondary N) is 2. The van der Waals surface area contributed by atoms with Gasteiger partial charge in [0.05, 0.1) is 5.52 Å². The van der Waals surface area contributed by atoms with E-state index in [1.807, 2.05) is 0 Å². The van der Waals surface area contributed by atoms with Gasteiger partial charge in [0.15, 0.2) is 0 Å². The summed E-state index contributed by atoms with van der Waals surface area (Å²) in [6.45, 7) is 1.63. The summed E-state index contributed by atoms with van der Waals surface area (Å²) in [5.74, 6) is -3.02. The van der Waals surface area contributed by atoms with Gasteiger partial charge in [-0.1, -0.05) is 32.3 Å². The van der Waals surface area contributed by atoms with Crippen LogP contribution in [0, 0.1) is 11.8 Å². The molecule has 6 nitrogen and oxygen atoms in total. The monoisotopic (exact) mass is 472 g/mol. The van der Waals surface area contributed by atoms with Crippen LogP contribution in [-0.4, -0.2) is 27.5 Å². The molecular formula is C19H20BrF3N4O2. The fraction of sp³-hybridized carbons (Fsp3) is 0.526. The molecule has 1 aliphatic heterocycles. The second kappa shape index (κ2) is 7.00. The van der Waals surface area contributed by atoms with Crippen LogP contribution in [0.15, 0.2) is 22.7 Å². The molecule has 1 aromatic carbocycles. The van der Waals surface area contributed by atoms with Crippen molar-refractivity contribution < 1.29 is 22.8 Å². The lowest BCUT2D eigenvalue weighted by Crippen LogP contribution is -2.64. The number of fused-ring (bicyclic) bond motifs is 3. The first kappa shape index (κ1) is 20.2. The molecule has 2 aliphatic rings. The van der Waals surface area contributed by atoms with Crippen molar-refractivity contribution in [3.63, 3.8) is 0 Å². The predicted molar refractivity (Wildman–Crippen MR) is 104 cm³/mol. The van der Waals surface area contributed by atoms with E-state index in [1.165, 1.54) is 6.07 Å². The summed E-state index contributed by atoms with van der Waals surface area (Å²) in [5.41, 5.74) is -2.88. The van der Waals surface area contributed by atoms with Crippen molar-refractivity contribution in [2.24, 2.45) is 11.8 Å². The molecule has 2 amide bonds. The van der Waals surface area contributed by atoms with E-state index in [4.69, 9.17) is 0 Å². The first-order valence-corrected chi connectivity index (χ1v) is 10.3. The number of aromatic nitrogens is 2. The maximum absolute atomic E-state index is 14.4. The molecule has 156 valence electrons. The zero-order valence-corrected chi connectivity index (χ0v) is 17.2. The summed E-state index contributed by atoms with van der Waals surface area (Å²) >= 11 is 3.27. The smallest absolute Gasteiger partial charge is 0.317 e. The number of rotatable bonds is 3. The normalized spacial score (nSPS) is 23.7. The molecule has 1 aliphatic carbocycles. The van der Waals surface area contributed by atoms with Crippen LogP contribution in [0.25, 0.3) is 11.0 Å². The van der Waals surface area contributed by atoms with Gasteiger partial charge in [-0.2, -0.15) is 13.2 Å². The molecule has 0 bridgehead atoms. The van der Waals surface area contributed by atoms with Gasteiger partial charge in [-0.3, -0.25) is 19.5 Å². The molecule has 2 heterocycles. The number of amides is 2. The fourth-order valence-corrected chi connectivity index (χ4v) is 4.81. The van der Waals surface area contributed by atoms with Gasteiger partial charge in [0.1, 0.15) is 5.52 Å². The highest BCUT2D eigenvalue weighted by Gasteiger charge is 2.68. The average Bonchev–Trinajstić information content (AvgIpc) is 3.17. The maximum atomic E-state index is 14.4. The minimum atomic E-state index is -5.07. The van der Waals surface area contributed by atoms with Crippen molar-refractivity contribution >= 4 is 44.7 Å². The molecule has 1 unspecified atom stereocenters. The van der Waals surface area contributed by atoms with Gasteiger partial charge in [-0.15, -0.1) is 0 Å². The van der Waals surface area contributed by atoms with Gasteiger partial charge in [0.2, 0.25) is 11.9 Å². The molecule has 29 heavy (non-hydrogen) atoms. The Morgan fingerprint density at radius 1 is 1.34 bits per heavy atom. The number of hydrogen-bond acceptors (Lipinski definition) is 3. The first-order chi connectivity index (χ1) is 13.7. The number of halogens is 4. The van der Waals surface area contributed by atoms with Crippen molar-refractivity contribution in [2.45, 2.75) is 50.9 Å². The van der Waals surface area contributed by atoms with Crippen molar-refractivity contribution in [1.29, 1.82) is 0 Å². The van der Waals surface area contributed by atoms with E-state index < -0.39 is 29.6 Å². The lowest BCUT2D eigenvalue weighted by atomic mass is 9.80. The molecule has 0 spiro atoms. The Hall–Kier alpha value is -2.10. The molecule has 10 heteroatoms. The second-order valence-electron chi connectivity index (χ2n) is 7.72. The lowest BCUT2D eigenvalue weighted by Gasteiger charge is -2.34. The molecule has 1 fully saturated rings. The third kappa shape index (κ3) is 3.03. The zero-order valence-electron chi connectivity index (χ0n) is 15.6. The zero-order chi connectivity index (χ0) is 21.0. The summed E-state index contributed by atoms with van der Waals surface area (Å²) in [7, 11) is 0. The number of nitrogens with zero attached hydrogens (tertiary/aromatic N) is 2. The van der Waals surface area contributed by atoms with E-state index in [-0.39, 0.29) is 22.9 Å². The van der Waals surface area contributed by atoms with Crippen molar-refractivity contribution in [2.75, 3.05) is 5.32 Å². The Labute approximate surface area is 173 Å². The van der Waals surface area contributed by atoms with E-state index in [9.17, 15) is 22.8 Å². The molecule has 4 rings (SSSR count). The molecule has 2 atom stereocenters. The van der Waals surface area contributed by atoms with Crippen LogP contribution in [-0.2, 0) is 15.3 Å².